The number of rotatable bonds is 3. The summed E-state index contributed by atoms with van der Waals surface area (Å²) in [6.45, 7) is 0. The molecule has 0 saturated heterocycles. The highest BCUT2D eigenvalue weighted by Gasteiger charge is 2.27. The van der Waals surface area contributed by atoms with Gasteiger partial charge in [-0.3, -0.25) is 0 Å². The summed E-state index contributed by atoms with van der Waals surface area (Å²) in [7, 11) is 1.70. The van der Waals surface area contributed by atoms with Crippen LogP contribution in [0.15, 0.2) is 51.8 Å². The van der Waals surface area contributed by atoms with Crippen LogP contribution in [0.2, 0.25) is 0 Å². The van der Waals surface area contributed by atoms with Gasteiger partial charge in [-0.25, -0.2) is 0 Å². The Kier molecular flexibility index (Phi) is 4.57. The van der Waals surface area contributed by atoms with Crippen LogP contribution in [0.25, 0.3) is 0 Å². The van der Waals surface area contributed by atoms with E-state index in [1.54, 1.807) is 7.11 Å². The molecule has 2 nitrogen and oxygen atoms in total. The lowest BCUT2D eigenvalue weighted by molar-refractivity contribution is 0.412. The lowest BCUT2D eigenvalue weighted by Crippen LogP contribution is -2.29. The summed E-state index contributed by atoms with van der Waals surface area (Å²) in [5, 5.41) is 0.402. The molecule has 0 bridgehead atoms. The molecule has 3 rings (SSSR count). The molecule has 0 saturated carbocycles. The Labute approximate surface area is 138 Å². The molecule has 2 aromatic rings. The zero-order valence-electron chi connectivity index (χ0n) is 11.9. The first-order chi connectivity index (χ1) is 10.2. The van der Waals surface area contributed by atoms with Crippen LogP contribution in [0.1, 0.15) is 23.6 Å². The minimum atomic E-state index is 0.0489. The molecule has 2 aromatic carbocycles. The predicted molar refractivity (Wildman–Crippen MR) is 92.0 cm³/mol. The van der Waals surface area contributed by atoms with E-state index in [2.05, 4.69) is 46.3 Å². The molecule has 0 aliphatic heterocycles. The number of thioether (sulfide) groups is 1. The second-order valence-corrected chi connectivity index (χ2v) is 7.47. The summed E-state index contributed by atoms with van der Waals surface area (Å²) in [5.74, 6) is 0.886. The third kappa shape index (κ3) is 3.28. The normalized spacial score (nSPS) is 20.9. The minimum absolute atomic E-state index is 0.0489. The van der Waals surface area contributed by atoms with E-state index in [1.165, 1.54) is 16.0 Å². The second-order valence-electron chi connectivity index (χ2n) is 5.24. The van der Waals surface area contributed by atoms with Crippen molar-refractivity contribution in [3.05, 3.63) is 58.1 Å². The maximum Gasteiger partial charge on any atom is 0.119 e. The number of nitrogens with two attached hydrogens (primary N) is 1. The lowest BCUT2D eigenvalue weighted by Gasteiger charge is -2.31. The number of methoxy groups -OCH3 is 1. The van der Waals surface area contributed by atoms with Crippen LogP contribution in [-0.4, -0.2) is 12.4 Å². The fraction of sp³-hybridized carbons (Fsp3) is 0.294. The van der Waals surface area contributed by atoms with E-state index in [9.17, 15) is 0 Å². The molecule has 0 heterocycles. The van der Waals surface area contributed by atoms with Gasteiger partial charge in [0.2, 0.25) is 0 Å². The highest BCUT2D eigenvalue weighted by molar-refractivity contribution is 9.10. The third-order valence-electron chi connectivity index (χ3n) is 3.89. The van der Waals surface area contributed by atoms with Gasteiger partial charge < -0.3 is 10.5 Å². The summed E-state index contributed by atoms with van der Waals surface area (Å²) in [6.07, 6.45) is 2.19. The minimum Gasteiger partial charge on any atom is -0.497 e. The van der Waals surface area contributed by atoms with Gasteiger partial charge in [-0.15, -0.1) is 11.8 Å². The van der Waals surface area contributed by atoms with Crippen LogP contribution in [0, 0.1) is 0 Å². The zero-order valence-corrected chi connectivity index (χ0v) is 14.3. The molecular weight excluding hydrogens is 346 g/mol. The molecule has 21 heavy (non-hydrogen) atoms. The molecular formula is C17H18BrNOS. The molecule has 2 N–H and O–H groups in total. The fourth-order valence-corrected chi connectivity index (χ4v) is 4.54. The summed E-state index contributed by atoms with van der Waals surface area (Å²) >= 11 is 5.39. The number of hydrogen-bond donors (Lipinski definition) is 1. The molecule has 1 aliphatic carbocycles. The second kappa shape index (κ2) is 6.42. The van der Waals surface area contributed by atoms with Gasteiger partial charge >= 0.3 is 0 Å². The fourth-order valence-electron chi connectivity index (χ4n) is 2.76. The number of hydrogen-bond acceptors (Lipinski definition) is 3. The van der Waals surface area contributed by atoms with E-state index in [0.717, 1.165) is 23.1 Å². The van der Waals surface area contributed by atoms with Crippen molar-refractivity contribution >= 4 is 27.7 Å². The Balaban J connectivity index is 1.82. The highest BCUT2D eigenvalue weighted by atomic mass is 79.9. The quantitative estimate of drug-likeness (QED) is 0.867. The Hall–Kier alpha value is -0.970. The van der Waals surface area contributed by atoms with Crippen molar-refractivity contribution in [3.8, 4) is 5.75 Å². The van der Waals surface area contributed by atoms with Crippen molar-refractivity contribution < 1.29 is 4.74 Å². The molecule has 2 unspecified atom stereocenters. The Morgan fingerprint density at radius 3 is 2.86 bits per heavy atom. The van der Waals surface area contributed by atoms with Crippen LogP contribution in [0.3, 0.4) is 0 Å². The van der Waals surface area contributed by atoms with Crippen LogP contribution in [-0.2, 0) is 6.42 Å². The SMILES string of the molecule is COc1ccc2c(c1)C(N)C(Sc1cccc(Br)c1)CC2. The van der Waals surface area contributed by atoms with Gasteiger partial charge in [0.05, 0.1) is 7.11 Å². The van der Waals surface area contributed by atoms with E-state index < -0.39 is 0 Å². The smallest absolute Gasteiger partial charge is 0.119 e. The van der Waals surface area contributed by atoms with Gasteiger partial charge in [-0.05, 0) is 54.3 Å². The number of fused-ring (bicyclic) bond motifs is 1. The van der Waals surface area contributed by atoms with E-state index >= 15 is 0 Å². The van der Waals surface area contributed by atoms with Gasteiger partial charge in [0.25, 0.3) is 0 Å². The summed E-state index contributed by atoms with van der Waals surface area (Å²) in [5.41, 5.74) is 9.10. The highest BCUT2D eigenvalue weighted by Crippen LogP contribution is 2.40. The molecule has 0 amide bonds. The molecule has 0 radical (unpaired) electrons. The molecule has 1 aliphatic rings. The van der Waals surface area contributed by atoms with Gasteiger partial charge in [-0.2, -0.15) is 0 Å². The zero-order chi connectivity index (χ0) is 14.8. The molecule has 0 aromatic heterocycles. The van der Waals surface area contributed by atoms with Crippen molar-refractivity contribution in [2.24, 2.45) is 5.73 Å². The molecule has 0 spiro atoms. The molecule has 110 valence electrons. The molecule has 4 heteroatoms. The van der Waals surface area contributed by atoms with E-state index in [-0.39, 0.29) is 6.04 Å². The van der Waals surface area contributed by atoms with Gasteiger partial charge in [0, 0.05) is 20.7 Å². The van der Waals surface area contributed by atoms with Crippen molar-refractivity contribution in [1.82, 2.24) is 0 Å². The average Bonchev–Trinajstić information content (AvgIpc) is 2.50. The van der Waals surface area contributed by atoms with Gasteiger partial charge in [0.15, 0.2) is 0 Å². The Morgan fingerprint density at radius 2 is 2.10 bits per heavy atom. The monoisotopic (exact) mass is 363 g/mol. The van der Waals surface area contributed by atoms with Crippen molar-refractivity contribution in [1.29, 1.82) is 0 Å². The Morgan fingerprint density at radius 1 is 1.24 bits per heavy atom. The number of halogens is 1. The number of ether oxygens (including phenoxy) is 1. The molecule has 2 atom stereocenters. The van der Waals surface area contributed by atoms with E-state index in [4.69, 9.17) is 10.5 Å². The van der Waals surface area contributed by atoms with E-state index in [1.807, 2.05) is 23.9 Å². The number of aryl methyl sites for hydroxylation is 1. The largest absolute Gasteiger partial charge is 0.497 e. The maximum absolute atomic E-state index is 6.51. The van der Waals surface area contributed by atoms with Gasteiger partial charge in [0.1, 0.15) is 5.75 Å². The van der Waals surface area contributed by atoms with Crippen molar-refractivity contribution in [2.75, 3.05) is 7.11 Å². The first-order valence-corrected chi connectivity index (χ1v) is 8.69. The number of benzene rings is 2. The van der Waals surface area contributed by atoms with Crippen molar-refractivity contribution in [2.45, 2.75) is 29.0 Å². The van der Waals surface area contributed by atoms with Crippen LogP contribution in [0.5, 0.6) is 5.75 Å². The molecule has 0 fully saturated rings. The van der Waals surface area contributed by atoms with E-state index in [0.29, 0.717) is 5.25 Å². The van der Waals surface area contributed by atoms with Crippen molar-refractivity contribution in [3.63, 3.8) is 0 Å². The van der Waals surface area contributed by atoms with Crippen LogP contribution >= 0.6 is 27.7 Å². The summed E-state index contributed by atoms with van der Waals surface area (Å²) < 4.78 is 6.44. The van der Waals surface area contributed by atoms with Crippen LogP contribution in [0.4, 0.5) is 0 Å². The first kappa shape index (κ1) is 14.9. The van der Waals surface area contributed by atoms with Gasteiger partial charge in [-0.1, -0.05) is 28.1 Å². The average molecular weight is 364 g/mol. The topological polar surface area (TPSA) is 35.2 Å². The third-order valence-corrected chi connectivity index (χ3v) is 5.75. The van der Waals surface area contributed by atoms with Crippen LogP contribution < -0.4 is 10.5 Å². The maximum atomic E-state index is 6.51. The lowest BCUT2D eigenvalue weighted by atomic mass is 9.87. The summed E-state index contributed by atoms with van der Waals surface area (Å²) in [4.78, 5) is 1.26. The predicted octanol–water partition coefficient (Wildman–Crippen LogP) is 4.56. The summed E-state index contributed by atoms with van der Waals surface area (Å²) in [6, 6.07) is 14.7. The first-order valence-electron chi connectivity index (χ1n) is 7.02. The Bertz CT molecular complexity index is 646. The standard InChI is InChI=1S/C17H18BrNOS/c1-20-13-7-5-11-6-8-16(17(19)15(11)10-13)21-14-4-2-3-12(18)9-14/h2-5,7,9-10,16-17H,6,8,19H2,1H3.